The summed E-state index contributed by atoms with van der Waals surface area (Å²) in [7, 11) is 0. The first-order chi connectivity index (χ1) is 12.4. The number of rotatable bonds is 6. The van der Waals surface area contributed by atoms with Crippen molar-refractivity contribution >= 4 is 16.6 Å². The quantitative estimate of drug-likeness (QED) is 0.514. The van der Waals surface area contributed by atoms with E-state index in [9.17, 15) is 4.79 Å². The van der Waals surface area contributed by atoms with Gasteiger partial charge in [-0.25, -0.2) is 0 Å². The number of pyridine rings is 1. The van der Waals surface area contributed by atoms with E-state index >= 15 is 0 Å². The third-order valence-corrected chi connectivity index (χ3v) is 4.76. The first kappa shape index (κ1) is 18.2. The van der Waals surface area contributed by atoms with Crippen LogP contribution in [-0.4, -0.2) is 11.5 Å². The molecule has 1 atom stereocenters. The zero-order chi connectivity index (χ0) is 18.7. The summed E-state index contributed by atoms with van der Waals surface area (Å²) in [6.07, 6.45) is 0.719. The molecule has 3 rings (SSSR count). The molecule has 0 radical (unpaired) electrons. The molecular formula is C21H26N4O. The van der Waals surface area contributed by atoms with E-state index in [-0.39, 0.29) is 5.56 Å². The van der Waals surface area contributed by atoms with Crippen LogP contribution in [0.15, 0.2) is 53.3 Å². The number of nitrogens with one attached hydrogen (secondary N) is 2. The lowest BCUT2D eigenvalue weighted by atomic mass is 9.92. The van der Waals surface area contributed by atoms with Gasteiger partial charge in [0.15, 0.2) is 0 Å². The Labute approximate surface area is 153 Å². The van der Waals surface area contributed by atoms with E-state index in [4.69, 9.17) is 11.5 Å². The van der Waals surface area contributed by atoms with E-state index in [0.717, 1.165) is 46.2 Å². The highest BCUT2D eigenvalue weighted by Gasteiger charge is 2.21. The topological polar surface area (TPSA) is 96.9 Å². The van der Waals surface area contributed by atoms with Gasteiger partial charge in [-0.3, -0.25) is 4.79 Å². The number of nitrogens with two attached hydrogens (primary N) is 2. The molecule has 0 fully saturated rings. The van der Waals surface area contributed by atoms with Crippen molar-refractivity contribution in [3.8, 4) is 0 Å². The Balaban J connectivity index is 1.75. The van der Waals surface area contributed by atoms with Crippen molar-refractivity contribution in [2.45, 2.75) is 32.4 Å². The SMILES string of the molecule is CCc1cc2ccc(C(C)(N)CNCc3ccc(N)cc3)cc2[nH]c1=O. The van der Waals surface area contributed by atoms with Gasteiger partial charge in [0.1, 0.15) is 0 Å². The number of aromatic amines is 1. The molecule has 6 N–H and O–H groups in total. The fourth-order valence-corrected chi connectivity index (χ4v) is 3.07. The molecular weight excluding hydrogens is 324 g/mol. The van der Waals surface area contributed by atoms with Gasteiger partial charge in [0.05, 0.1) is 5.54 Å². The molecule has 2 aromatic carbocycles. The fourth-order valence-electron chi connectivity index (χ4n) is 3.07. The van der Waals surface area contributed by atoms with Crippen molar-refractivity contribution in [3.63, 3.8) is 0 Å². The van der Waals surface area contributed by atoms with Crippen LogP contribution in [0.2, 0.25) is 0 Å². The van der Waals surface area contributed by atoms with E-state index in [2.05, 4.69) is 10.3 Å². The van der Waals surface area contributed by atoms with Crippen LogP contribution in [0.5, 0.6) is 0 Å². The standard InChI is InChI=1S/C21H26N4O/c1-3-15-10-16-6-7-17(11-19(16)25-20(15)26)21(2,23)13-24-12-14-4-8-18(22)9-5-14/h4-11,24H,3,12-13,22-23H2,1-2H3,(H,25,26). The molecule has 1 aromatic heterocycles. The van der Waals surface area contributed by atoms with Crippen LogP contribution in [0.25, 0.3) is 10.9 Å². The summed E-state index contributed by atoms with van der Waals surface area (Å²) in [6, 6.07) is 15.8. The monoisotopic (exact) mass is 350 g/mol. The Morgan fingerprint density at radius 3 is 2.54 bits per heavy atom. The van der Waals surface area contributed by atoms with E-state index in [1.54, 1.807) is 0 Å². The van der Waals surface area contributed by atoms with Crippen molar-refractivity contribution in [3.05, 3.63) is 75.6 Å². The van der Waals surface area contributed by atoms with Gasteiger partial charge in [-0.2, -0.15) is 0 Å². The van der Waals surface area contributed by atoms with Gasteiger partial charge in [-0.1, -0.05) is 31.2 Å². The maximum absolute atomic E-state index is 12.1. The minimum absolute atomic E-state index is 0.0302. The largest absolute Gasteiger partial charge is 0.399 e. The molecule has 136 valence electrons. The lowest BCUT2D eigenvalue weighted by Gasteiger charge is -2.26. The van der Waals surface area contributed by atoms with Crippen LogP contribution in [0, 0.1) is 0 Å². The summed E-state index contributed by atoms with van der Waals surface area (Å²) in [5, 5.41) is 4.42. The minimum atomic E-state index is -0.553. The summed E-state index contributed by atoms with van der Waals surface area (Å²) in [6.45, 7) is 5.30. The molecule has 0 bridgehead atoms. The lowest BCUT2D eigenvalue weighted by Crippen LogP contribution is -2.43. The van der Waals surface area contributed by atoms with Crippen LogP contribution in [0.4, 0.5) is 5.69 Å². The van der Waals surface area contributed by atoms with Crippen LogP contribution >= 0.6 is 0 Å². The van der Waals surface area contributed by atoms with Gasteiger partial charge in [0.2, 0.25) is 0 Å². The van der Waals surface area contributed by atoms with E-state index in [1.165, 1.54) is 0 Å². The molecule has 0 saturated carbocycles. The predicted molar refractivity (Wildman–Crippen MR) is 108 cm³/mol. The third kappa shape index (κ3) is 3.95. The Hall–Kier alpha value is -2.63. The van der Waals surface area contributed by atoms with Gasteiger partial charge in [0, 0.05) is 29.9 Å². The van der Waals surface area contributed by atoms with Crippen molar-refractivity contribution in [2.24, 2.45) is 5.73 Å². The first-order valence-electron chi connectivity index (χ1n) is 8.89. The Kier molecular flexibility index (Phi) is 5.11. The number of nitrogen functional groups attached to an aromatic ring is 1. The number of hydrogen-bond donors (Lipinski definition) is 4. The average Bonchev–Trinajstić information content (AvgIpc) is 2.62. The molecule has 26 heavy (non-hydrogen) atoms. The maximum Gasteiger partial charge on any atom is 0.251 e. The van der Waals surface area contributed by atoms with Crippen LogP contribution in [-0.2, 0) is 18.5 Å². The van der Waals surface area contributed by atoms with E-state index in [0.29, 0.717) is 6.54 Å². The summed E-state index contributed by atoms with van der Waals surface area (Å²) >= 11 is 0. The Morgan fingerprint density at radius 2 is 1.85 bits per heavy atom. The Bertz CT molecular complexity index is 958. The summed E-state index contributed by atoms with van der Waals surface area (Å²) in [4.78, 5) is 15.0. The second-order valence-corrected chi connectivity index (χ2v) is 7.04. The molecule has 5 nitrogen and oxygen atoms in total. The van der Waals surface area contributed by atoms with Crippen molar-refractivity contribution in [2.75, 3.05) is 12.3 Å². The maximum atomic E-state index is 12.1. The number of hydrogen-bond acceptors (Lipinski definition) is 4. The molecule has 1 heterocycles. The molecule has 0 spiro atoms. The van der Waals surface area contributed by atoms with Gasteiger partial charge in [-0.15, -0.1) is 0 Å². The normalized spacial score (nSPS) is 13.7. The van der Waals surface area contributed by atoms with Crippen LogP contribution in [0.1, 0.15) is 30.5 Å². The van der Waals surface area contributed by atoms with Crippen LogP contribution in [0.3, 0.4) is 0 Å². The molecule has 5 heteroatoms. The lowest BCUT2D eigenvalue weighted by molar-refractivity contribution is 0.446. The van der Waals surface area contributed by atoms with Crippen molar-refractivity contribution < 1.29 is 0 Å². The number of aryl methyl sites for hydroxylation is 1. The first-order valence-corrected chi connectivity index (χ1v) is 8.89. The third-order valence-electron chi connectivity index (χ3n) is 4.76. The summed E-state index contributed by atoms with van der Waals surface area (Å²) < 4.78 is 0. The molecule has 1 unspecified atom stereocenters. The number of fused-ring (bicyclic) bond motifs is 1. The van der Waals surface area contributed by atoms with Crippen molar-refractivity contribution in [1.82, 2.24) is 10.3 Å². The van der Waals surface area contributed by atoms with Gasteiger partial charge < -0.3 is 21.8 Å². The fraction of sp³-hybridized carbons (Fsp3) is 0.286. The van der Waals surface area contributed by atoms with E-state index < -0.39 is 5.54 Å². The number of anilines is 1. The molecule has 0 aliphatic heterocycles. The Morgan fingerprint density at radius 1 is 1.12 bits per heavy atom. The van der Waals surface area contributed by atoms with Gasteiger partial charge >= 0.3 is 0 Å². The molecule has 0 aliphatic carbocycles. The molecule has 0 amide bonds. The number of benzene rings is 2. The highest BCUT2D eigenvalue weighted by molar-refractivity contribution is 5.80. The van der Waals surface area contributed by atoms with Gasteiger partial charge in [0.25, 0.3) is 5.56 Å². The number of H-pyrrole nitrogens is 1. The minimum Gasteiger partial charge on any atom is -0.399 e. The van der Waals surface area contributed by atoms with Crippen molar-refractivity contribution in [1.29, 1.82) is 0 Å². The van der Waals surface area contributed by atoms with Crippen LogP contribution < -0.4 is 22.3 Å². The molecule has 0 saturated heterocycles. The van der Waals surface area contributed by atoms with E-state index in [1.807, 2.05) is 62.4 Å². The molecule has 0 aliphatic rings. The van der Waals surface area contributed by atoms with Gasteiger partial charge in [-0.05, 0) is 54.1 Å². The summed E-state index contributed by atoms with van der Waals surface area (Å²) in [5.41, 5.74) is 16.2. The highest BCUT2D eigenvalue weighted by Crippen LogP contribution is 2.22. The smallest absolute Gasteiger partial charge is 0.251 e. The highest BCUT2D eigenvalue weighted by atomic mass is 16.1. The average molecular weight is 350 g/mol. The molecule has 3 aromatic rings. The second kappa shape index (κ2) is 7.32. The zero-order valence-electron chi connectivity index (χ0n) is 15.3. The number of aromatic nitrogens is 1. The predicted octanol–water partition coefficient (Wildman–Crippen LogP) is 2.64. The second-order valence-electron chi connectivity index (χ2n) is 7.04. The summed E-state index contributed by atoms with van der Waals surface area (Å²) in [5.74, 6) is 0. The zero-order valence-corrected chi connectivity index (χ0v) is 15.3.